The van der Waals surface area contributed by atoms with Crippen LogP contribution < -0.4 is 5.73 Å². The van der Waals surface area contributed by atoms with Gasteiger partial charge in [-0.2, -0.15) is 0 Å². The molecule has 0 saturated heterocycles. The second kappa shape index (κ2) is 7.97. The molecule has 0 radical (unpaired) electrons. The zero-order valence-electron chi connectivity index (χ0n) is 10.9. The average molecular weight is 234 g/mol. The van der Waals surface area contributed by atoms with Crippen molar-refractivity contribution in [3.63, 3.8) is 0 Å². The van der Waals surface area contributed by atoms with E-state index in [1.807, 2.05) is 6.92 Å². The number of nitrogens with zero attached hydrogens (tertiary/aromatic N) is 1. The number of rotatable bonds is 9. The maximum absolute atomic E-state index is 9.17. The van der Waals surface area contributed by atoms with Crippen LogP contribution in [0.2, 0.25) is 0 Å². The van der Waals surface area contributed by atoms with E-state index >= 15 is 0 Å². The van der Waals surface area contributed by atoms with Crippen LogP contribution in [0.1, 0.15) is 13.8 Å². The van der Waals surface area contributed by atoms with Crippen LogP contribution in [0.3, 0.4) is 0 Å². The fourth-order valence-corrected chi connectivity index (χ4v) is 1.52. The first-order chi connectivity index (χ1) is 7.46. The second-order valence-electron chi connectivity index (χ2n) is 4.58. The lowest BCUT2D eigenvalue weighted by atomic mass is 10.0. The zero-order chi connectivity index (χ0) is 12.6. The summed E-state index contributed by atoms with van der Waals surface area (Å²) in [5.74, 6) is 0. The molecule has 0 aromatic carbocycles. The van der Waals surface area contributed by atoms with Gasteiger partial charge < -0.3 is 20.3 Å². The Kier molecular flexibility index (Phi) is 7.87. The Labute approximate surface area is 98.5 Å². The molecule has 0 aromatic rings. The molecule has 5 nitrogen and oxygen atoms in total. The summed E-state index contributed by atoms with van der Waals surface area (Å²) >= 11 is 0. The molecule has 0 aromatic heterocycles. The van der Waals surface area contributed by atoms with Gasteiger partial charge in [0, 0.05) is 38.9 Å². The molecule has 0 heterocycles. The standard InChI is InChI=1S/C11H26N2O3/c1-10(7-16-4)13(5-6-15-3)8-11(2,12)9-14/h10,14H,5-9,12H2,1-4H3. The van der Waals surface area contributed by atoms with Gasteiger partial charge in [-0.1, -0.05) is 0 Å². The number of aliphatic hydroxyl groups excluding tert-OH is 1. The predicted octanol–water partition coefficient (Wildman–Crippen LogP) is -0.321. The first-order valence-corrected chi connectivity index (χ1v) is 5.58. The SMILES string of the molecule is COCCN(CC(C)(N)CO)C(C)COC. The van der Waals surface area contributed by atoms with Crippen molar-refractivity contribution in [2.24, 2.45) is 5.73 Å². The third-order valence-corrected chi connectivity index (χ3v) is 2.54. The number of hydrogen-bond acceptors (Lipinski definition) is 5. The molecular weight excluding hydrogens is 208 g/mol. The normalized spacial score (nSPS) is 17.4. The molecule has 0 aliphatic heterocycles. The second-order valence-corrected chi connectivity index (χ2v) is 4.58. The van der Waals surface area contributed by atoms with E-state index in [1.54, 1.807) is 14.2 Å². The number of nitrogens with two attached hydrogens (primary N) is 1. The van der Waals surface area contributed by atoms with Crippen molar-refractivity contribution in [3.8, 4) is 0 Å². The molecule has 2 unspecified atom stereocenters. The molecule has 98 valence electrons. The van der Waals surface area contributed by atoms with Gasteiger partial charge in [0.15, 0.2) is 0 Å². The summed E-state index contributed by atoms with van der Waals surface area (Å²) in [6, 6.07) is 0.259. The highest BCUT2D eigenvalue weighted by molar-refractivity contribution is 4.84. The maximum atomic E-state index is 9.17. The Morgan fingerprint density at radius 3 is 2.44 bits per heavy atom. The highest BCUT2D eigenvalue weighted by atomic mass is 16.5. The minimum atomic E-state index is -0.588. The molecule has 0 bridgehead atoms. The molecule has 0 saturated carbocycles. The Morgan fingerprint density at radius 2 is 2.00 bits per heavy atom. The minimum Gasteiger partial charge on any atom is -0.394 e. The van der Waals surface area contributed by atoms with E-state index in [4.69, 9.17) is 20.3 Å². The van der Waals surface area contributed by atoms with Crippen LogP contribution in [-0.4, -0.2) is 68.7 Å². The molecule has 0 aliphatic carbocycles. The van der Waals surface area contributed by atoms with Gasteiger partial charge in [-0.25, -0.2) is 0 Å². The van der Waals surface area contributed by atoms with E-state index in [9.17, 15) is 0 Å². The molecular formula is C11H26N2O3. The summed E-state index contributed by atoms with van der Waals surface area (Å²) in [6.45, 7) is 6.58. The van der Waals surface area contributed by atoms with Gasteiger partial charge >= 0.3 is 0 Å². The summed E-state index contributed by atoms with van der Waals surface area (Å²) in [5.41, 5.74) is 5.36. The van der Waals surface area contributed by atoms with E-state index in [0.29, 0.717) is 19.8 Å². The van der Waals surface area contributed by atoms with Crippen molar-refractivity contribution < 1.29 is 14.6 Å². The molecule has 0 spiro atoms. The van der Waals surface area contributed by atoms with Gasteiger partial charge in [-0.15, -0.1) is 0 Å². The fourth-order valence-electron chi connectivity index (χ4n) is 1.52. The highest BCUT2D eigenvalue weighted by Gasteiger charge is 2.24. The van der Waals surface area contributed by atoms with E-state index < -0.39 is 5.54 Å². The van der Waals surface area contributed by atoms with Crippen LogP contribution in [0, 0.1) is 0 Å². The van der Waals surface area contributed by atoms with Gasteiger partial charge in [0.05, 0.1) is 19.8 Å². The fraction of sp³-hybridized carbons (Fsp3) is 1.00. The molecule has 3 N–H and O–H groups in total. The average Bonchev–Trinajstić information content (AvgIpc) is 2.24. The molecule has 16 heavy (non-hydrogen) atoms. The predicted molar refractivity (Wildman–Crippen MR) is 64.5 cm³/mol. The van der Waals surface area contributed by atoms with Crippen LogP contribution in [0.25, 0.3) is 0 Å². The Bertz CT molecular complexity index is 177. The van der Waals surface area contributed by atoms with Crippen LogP contribution >= 0.6 is 0 Å². The van der Waals surface area contributed by atoms with Crippen molar-refractivity contribution >= 4 is 0 Å². The van der Waals surface area contributed by atoms with Crippen LogP contribution in [0.4, 0.5) is 0 Å². The van der Waals surface area contributed by atoms with Crippen molar-refractivity contribution in [2.75, 3.05) is 47.1 Å². The summed E-state index contributed by atoms with van der Waals surface area (Å²) in [6.07, 6.45) is 0. The lowest BCUT2D eigenvalue weighted by molar-refractivity contribution is 0.0521. The van der Waals surface area contributed by atoms with Gasteiger partial charge in [0.1, 0.15) is 0 Å². The Hall–Kier alpha value is -0.200. The van der Waals surface area contributed by atoms with Crippen LogP contribution in [0.5, 0.6) is 0 Å². The zero-order valence-corrected chi connectivity index (χ0v) is 10.9. The Morgan fingerprint density at radius 1 is 1.38 bits per heavy atom. The number of methoxy groups -OCH3 is 2. The summed E-state index contributed by atoms with van der Waals surface area (Å²) in [5, 5.41) is 9.17. The van der Waals surface area contributed by atoms with E-state index in [1.165, 1.54) is 0 Å². The molecule has 0 rings (SSSR count). The van der Waals surface area contributed by atoms with E-state index in [0.717, 1.165) is 6.54 Å². The molecule has 5 heteroatoms. The number of aliphatic hydroxyl groups is 1. The highest BCUT2D eigenvalue weighted by Crippen LogP contribution is 2.07. The number of ether oxygens (including phenoxy) is 2. The lowest BCUT2D eigenvalue weighted by Gasteiger charge is -2.35. The van der Waals surface area contributed by atoms with Gasteiger partial charge in [0.25, 0.3) is 0 Å². The smallest absolute Gasteiger partial charge is 0.0621 e. The molecule has 0 amide bonds. The van der Waals surface area contributed by atoms with Gasteiger partial charge in [-0.3, -0.25) is 4.90 Å². The van der Waals surface area contributed by atoms with Crippen molar-refractivity contribution in [1.29, 1.82) is 0 Å². The summed E-state index contributed by atoms with van der Waals surface area (Å²) in [7, 11) is 3.35. The van der Waals surface area contributed by atoms with Crippen molar-refractivity contribution in [1.82, 2.24) is 4.90 Å². The minimum absolute atomic E-state index is 0.0316. The van der Waals surface area contributed by atoms with Crippen molar-refractivity contribution in [3.05, 3.63) is 0 Å². The topological polar surface area (TPSA) is 68.0 Å². The third-order valence-electron chi connectivity index (χ3n) is 2.54. The van der Waals surface area contributed by atoms with Gasteiger partial charge in [-0.05, 0) is 13.8 Å². The monoisotopic (exact) mass is 234 g/mol. The van der Waals surface area contributed by atoms with Gasteiger partial charge in [0.2, 0.25) is 0 Å². The maximum Gasteiger partial charge on any atom is 0.0621 e. The lowest BCUT2D eigenvalue weighted by Crippen LogP contribution is -2.54. The molecule has 2 atom stereocenters. The van der Waals surface area contributed by atoms with Crippen LogP contribution in [0.15, 0.2) is 0 Å². The van der Waals surface area contributed by atoms with Crippen LogP contribution in [-0.2, 0) is 9.47 Å². The summed E-state index contributed by atoms with van der Waals surface area (Å²) in [4.78, 5) is 2.17. The quantitative estimate of drug-likeness (QED) is 0.572. The largest absolute Gasteiger partial charge is 0.394 e. The molecule has 0 fully saturated rings. The van der Waals surface area contributed by atoms with Crippen molar-refractivity contribution in [2.45, 2.75) is 25.4 Å². The Balaban J connectivity index is 4.29. The summed E-state index contributed by atoms with van der Waals surface area (Å²) < 4.78 is 10.2. The van der Waals surface area contributed by atoms with E-state index in [2.05, 4.69) is 11.8 Å². The third kappa shape index (κ3) is 6.40. The first kappa shape index (κ1) is 15.8. The number of hydrogen-bond donors (Lipinski definition) is 2. The first-order valence-electron chi connectivity index (χ1n) is 5.58. The van der Waals surface area contributed by atoms with E-state index in [-0.39, 0.29) is 12.6 Å². The molecule has 0 aliphatic rings.